The number of benzene rings is 1. The Labute approximate surface area is 116 Å². The van der Waals surface area contributed by atoms with E-state index in [2.05, 4.69) is 5.32 Å². The lowest BCUT2D eigenvalue weighted by molar-refractivity contribution is 0.0693. The summed E-state index contributed by atoms with van der Waals surface area (Å²) in [4.78, 5) is 22.9. The highest BCUT2D eigenvalue weighted by atomic mass is 16.4. The van der Waals surface area contributed by atoms with Crippen LogP contribution in [-0.2, 0) is 0 Å². The van der Waals surface area contributed by atoms with Gasteiger partial charge in [-0.15, -0.1) is 0 Å². The van der Waals surface area contributed by atoms with Crippen LogP contribution in [0.1, 0.15) is 45.1 Å². The third-order valence-electron chi connectivity index (χ3n) is 3.13. The number of hydrogen-bond acceptors (Lipinski definition) is 3. The lowest BCUT2D eigenvalue weighted by atomic mass is 9.96. The summed E-state index contributed by atoms with van der Waals surface area (Å²) >= 11 is 0. The molecule has 0 bridgehead atoms. The normalized spacial score (nSPS) is 11.9. The van der Waals surface area contributed by atoms with Crippen molar-refractivity contribution in [2.24, 2.45) is 0 Å². The standard InChI is InChI=1S/C15H15NO4/c1-9(10-6-4-3-5-7-10)13-11(15(18)19)8-12(20-13)14(17)16-2/h3-9H,1-2H3,(H,16,17)(H,18,19)/t9-/m1/s1. The van der Waals surface area contributed by atoms with Gasteiger partial charge in [0, 0.05) is 19.0 Å². The Balaban J connectivity index is 2.47. The number of nitrogens with one attached hydrogen (secondary N) is 1. The largest absolute Gasteiger partial charge is 0.478 e. The van der Waals surface area contributed by atoms with Crippen molar-refractivity contribution in [3.05, 3.63) is 59.0 Å². The molecule has 0 radical (unpaired) electrons. The molecular weight excluding hydrogens is 258 g/mol. The van der Waals surface area contributed by atoms with Crippen LogP contribution in [-0.4, -0.2) is 24.0 Å². The van der Waals surface area contributed by atoms with Gasteiger partial charge in [-0.2, -0.15) is 0 Å². The number of amides is 1. The average molecular weight is 273 g/mol. The van der Waals surface area contributed by atoms with E-state index in [1.54, 1.807) is 0 Å². The maximum atomic E-state index is 11.6. The predicted octanol–water partition coefficient (Wildman–Crippen LogP) is 2.49. The lowest BCUT2D eigenvalue weighted by Crippen LogP contribution is -2.16. The van der Waals surface area contributed by atoms with Crippen molar-refractivity contribution >= 4 is 11.9 Å². The number of furan rings is 1. The third kappa shape index (κ3) is 2.56. The Morgan fingerprint density at radius 3 is 2.45 bits per heavy atom. The molecule has 104 valence electrons. The topological polar surface area (TPSA) is 79.5 Å². The molecule has 1 aromatic heterocycles. The van der Waals surface area contributed by atoms with Crippen molar-refractivity contribution in [2.75, 3.05) is 7.05 Å². The Morgan fingerprint density at radius 1 is 1.25 bits per heavy atom. The van der Waals surface area contributed by atoms with Gasteiger partial charge in [0.2, 0.25) is 0 Å². The molecule has 5 heteroatoms. The first-order valence-corrected chi connectivity index (χ1v) is 6.18. The van der Waals surface area contributed by atoms with Crippen molar-refractivity contribution in [1.82, 2.24) is 5.32 Å². The zero-order valence-corrected chi connectivity index (χ0v) is 11.2. The van der Waals surface area contributed by atoms with Gasteiger partial charge in [0.25, 0.3) is 5.91 Å². The first-order chi connectivity index (χ1) is 9.54. The maximum Gasteiger partial charge on any atom is 0.339 e. The van der Waals surface area contributed by atoms with Crippen LogP contribution in [0.4, 0.5) is 0 Å². The highest BCUT2D eigenvalue weighted by molar-refractivity contribution is 5.96. The van der Waals surface area contributed by atoms with Gasteiger partial charge >= 0.3 is 5.97 Å². The van der Waals surface area contributed by atoms with E-state index < -0.39 is 11.9 Å². The summed E-state index contributed by atoms with van der Waals surface area (Å²) in [5.41, 5.74) is 0.938. The van der Waals surface area contributed by atoms with Crippen LogP contribution in [0.2, 0.25) is 0 Å². The molecule has 1 atom stereocenters. The molecule has 2 N–H and O–H groups in total. The Hall–Kier alpha value is -2.56. The van der Waals surface area contributed by atoms with Crippen LogP contribution in [0, 0.1) is 0 Å². The number of carbonyl (C=O) groups excluding carboxylic acids is 1. The van der Waals surface area contributed by atoms with Crippen LogP contribution in [0.25, 0.3) is 0 Å². The van der Waals surface area contributed by atoms with Gasteiger partial charge in [-0.1, -0.05) is 37.3 Å². The van der Waals surface area contributed by atoms with Crippen molar-refractivity contribution in [3.63, 3.8) is 0 Å². The number of carboxylic acid groups (broad SMARTS) is 1. The number of carbonyl (C=O) groups is 2. The molecular formula is C15H15NO4. The molecule has 1 amide bonds. The number of aromatic carboxylic acids is 1. The van der Waals surface area contributed by atoms with Crippen molar-refractivity contribution in [2.45, 2.75) is 12.8 Å². The van der Waals surface area contributed by atoms with Crippen LogP contribution in [0.5, 0.6) is 0 Å². The van der Waals surface area contributed by atoms with E-state index in [-0.39, 0.29) is 23.0 Å². The molecule has 2 aromatic rings. The quantitative estimate of drug-likeness (QED) is 0.897. The second kappa shape index (κ2) is 5.61. The fourth-order valence-electron chi connectivity index (χ4n) is 2.02. The summed E-state index contributed by atoms with van der Waals surface area (Å²) in [5, 5.41) is 11.7. The SMILES string of the molecule is CNC(=O)c1cc(C(=O)O)c([C@H](C)c2ccccc2)o1. The molecule has 0 aliphatic rings. The summed E-state index contributed by atoms with van der Waals surface area (Å²) < 4.78 is 5.45. The number of carboxylic acids is 1. The van der Waals surface area contributed by atoms with Crippen molar-refractivity contribution in [1.29, 1.82) is 0 Å². The molecule has 0 aliphatic heterocycles. The maximum absolute atomic E-state index is 11.6. The minimum absolute atomic E-state index is 0.00248. The van der Waals surface area contributed by atoms with Gasteiger partial charge in [-0.25, -0.2) is 4.79 Å². The van der Waals surface area contributed by atoms with Gasteiger partial charge in [-0.05, 0) is 5.56 Å². The number of hydrogen-bond donors (Lipinski definition) is 2. The van der Waals surface area contributed by atoms with Gasteiger partial charge < -0.3 is 14.8 Å². The first-order valence-electron chi connectivity index (χ1n) is 6.18. The lowest BCUT2D eigenvalue weighted by Gasteiger charge is -2.10. The Bertz CT molecular complexity index is 631. The van der Waals surface area contributed by atoms with E-state index in [0.717, 1.165) is 5.56 Å². The van der Waals surface area contributed by atoms with Crippen LogP contribution in [0.15, 0.2) is 40.8 Å². The summed E-state index contributed by atoms with van der Waals surface area (Å²) in [5.74, 6) is -1.52. The second-order valence-corrected chi connectivity index (χ2v) is 4.41. The smallest absolute Gasteiger partial charge is 0.339 e. The molecule has 0 fully saturated rings. The minimum Gasteiger partial charge on any atom is -0.478 e. The molecule has 0 aliphatic carbocycles. The highest BCUT2D eigenvalue weighted by Crippen LogP contribution is 2.29. The second-order valence-electron chi connectivity index (χ2n) is 4.41. The molecule has 5 nitrogen and oxygen atoms in total. The minimum atomic E-state index is -1.11. The van der Waals surface area contributed by atoms with E-state index in [0.29, 0.717) is 0 Å². The molecule has 0 unspecified atom stereocenters. The first kappa shape index (κ1) is 13.9. The van der Waals surface area contributed by atoms with E-state index in [1.807, 2.05) is 37.3 Å². The summed E-state index contributed by atoms with van der Waals surface area (Å²) in [6.45, 7) is 1.84. The molecule has 2 rings (SSSR count). The molecule has 1 aromatic carbocycles. The van der Waals surface area contributed by atoms with Gasteiger partial charge in [0.1, 0.15) is 11.3 Å². The van der Waals surface area contributed by atoms with Crippen molar-refractivity contribution < 1.29 is 19.1 Å². The van der Waals surface area contributed by atoms with Gasteiger partial charge in [0.05, 0.1) is 0 Å². The summed E-state index contributed by atoms with van der Waals surface area (Å²) in [6, 6.07) is 10.7. The Morgan fingerprint density at radius 2 is 1.90 bits per heavy atom. The summed E-state index contributed by atoms with van der Waals surface area (Å²) in [6.07, 6.45) is 0. The molecule has 0 spiro atoms. The third-order valence-corrected chi connectivity index (χ3v) is 3.13. The van der Waals surface area contributed by atoms with Crippen molar-refractivity contribution in [3.8, 4) is 0 Å². The zero-order valence-electron chi connectivity index (χ0n) is 11.2. The summed E-state index contributed by atoms with van der Waals surface area (Å²) in [7, 11) is 1.46. The molecule has 0 saturated heterocycles. The fraction of sp³-hybridized carbons (Fsp3) is 0.200. The van der Waals surface area contributed by atoms with E-state index in [1.165, 1.54) is 13.1 Å². The fourth-order valence-corrected chi connectivity index (χ4v) is 2.02. The average Bonchev–Trinajstić information content (AvgIpc) is 2.92. The predicted molar refractivity (Wildman–Crippen MR) is 73.0 cm³/mol. The highest BCUT2D eigenvalue weighted by Gasteiger charge is 2.25. The van der Waals surface area contributed by atoms with Gasteiger partial charge in [-0.3, -0.25) is 4.79 Å². The molecule has 20 heavy (non-hydrogen) atoms. The molecule has 1 heterocycles. The van der Waals surface area contributed by atoms with Crippen LogP contribution in [0.3, 0.4) is 0 Å². The van der Waals surface area contributed by atoms with Crippen LogP contribution < -0.4 is 5.32 Å². The molecule has 0 saturated carbocycles. The van der Waals surface area contributed by atoms with Gasteiger partial charge in [0.15, 0.2) is 5.76 Å². The van der Waals surface area contributed by atoms with E-state index in [4.69, 9.17) is 4.42 Å². The monoisotopic (exact) mass is 273 g/mol. The zero-order chi connectivity index (χ0) is 14.7. The van der Waals surface area contributed by atoms with Crippen LogP contribution >= 0.6 is 0 Å². The van der Waals surface area contributed by atoms with E-state index in [9.17, 15) is 14.7 Å². The Kier molecular flexibility index (Phi) is 3.89. The number of rotatable bonds is 4. The van der Waals surface area contributed by atoms with E-state index >= 15 is 0 Å².